The Bertz CT molecular complexity index is 1260. The van der Waals surface area contributed by atoms with Gasteiger partial charge in [-0.25, -0.2) is 18.5 Å². The summed E-state index contributed by atoms with van der Waals surface area (Å²) in [5, 5.41) is 7.08. The second-order valence-corrected chi connectivity index (χ2v) is 13.1. The molecule has 11 nitrogen and oxygen atoms in total. The molecule has 2 aromatic heterocycles. The van der Waals surface area contributed by atoms with Gasteiger partial charge in [-0.2, -0.15) is 5.10 Å². The van der Waals surface area contributed by atoms with Gasteiger partial charge in [0.05, 0.1) is 46.1 Å². The van der Waals surface area contributed by atoms with Crippen LogP contribution in [0.1, 0.15) is 83.7 Å². The Morgan fingerprint density at radius 2 is 1.95 bits per heavy atom. The van der Waals surface area contributed by atoms with Gasteiger partial charge in [0, 0.05) is 20.0 Å². The number of aryl methyl sites for hydroxylation is 1. The van der Waals surface area contributed by atoms with Crippen molar-refractivity contribution >= 4 is 33.4 Å². The minimum atomic E-state index is -3.24. The van der Waals surface area contributed by atoms with E-state index >= 15 is 0 Å². The second kappa shape index (κ2) is 11.2. The molecule has 0 aliphatic carbocycles. The van der Waals surface area contributed by atoms with E-state index in [2.05, 4.69) is 21.0 Å². The molecule has 2 N–H and O–H groups in total. The van der Waals surface area contributed by atoms with E-state index < -0.39 is 27.4 Å². The number of pyridine rings is 1. The predicted octanol–water partition coefficient (Wildman–Crippen LogP) is 4.49. The summed E-state index contributed by atoms with van der Waals surface area (Å²) in [6.45, 7) is 14.8. The summed E-state index contributed by atoms with van der Waals surface area (Å²) in [6, 6.07) is 1.20. The summed E-state index contributed by atoms with van der Waals surface area (Å²) in [7, 11) is -1.59. The first-order valence-corrected chi connectivity index (χ1v) is 14.4. The summed E-state index contributed by atoms with van der Waals surface area (Å²) in [5.74, 6) is 4.10. The lowest BCUT2D eigenvalue weighted by Crippen LogP contribution is -2.35. The molecule has 1 atom stereocenters. The monoisotopic (exact) mass is 548 g/mol. The summed E-state index contributed by atoms with van der Waals surface area (Å²) in [5.41, 5.74) is 2.09. The number of aromatic nitrogens is 3. The lowest BCUT2D eigenvalue weighted by atomic mass is 9.96. The van der Waals surface area contributed by atoms with Gasteiger partial charge in [0.2, 0.25) is 5.88 Å². The minimum absolute atomic E-state index is 0.0246. The number of ether oxygens (including phenoxy) is 2. The van der Waals surface area contributed by atoms with Crippen LogP contribution in [-0.2, 0) is 27.5 Å². The first-order valence-electron chi connectivity index (χ1n) is 12.7. The lowest BCUT2D eigenvalue weighted by Gasteiger charge is -2.26. The zero-order chi connectivity index (χ0) is 28.4. The number of carbonyl (C=O) groups excluding carboxylic acids is 2. The number of nitrogens with one attached hydrogen (secondary N) is 2. The number of hydrogen-bond donors (Lipinski definition) is 2. The van der Waals surface area contributed by atoms with Crippen molar-refractivity contribution in [2.75, 3.05) is 19.0 Å². The van der Waals surface area contributed by atoms with Crippen molar-refractivity contribution in [1.82, 2.24) is 24.4 Å². The fraction of sp³-hybridized carbons (Fsp3) is 0.577. The third kappa shape index (κ3) is 6.97. The quantitative estimate of drug-likeness (QED) is 0.488. The Morgan fingerprint density at radius 1 is 1.26 bits per heavy atom. The van der Waals surface area contributed by atoms with Gasteiger partial charge < -0.3 is 19.7 Å². The topological polar surface area (TPSA) is 128 Å². The van der Waals surface area contributed by atoms with Crippen LogP contribution in [-0.4, -0.2) is 61.1 Å². The second-order valence-electron chi connectivity index (χ2n) is 11.1. The van der Waals surface area contributed by atoms with E-state index in [1.54, 1.807) is 11.7 Å². The number of urea groups is 1. The molecule has 1 unspecified atom stereocenters. The highest BCUT2D eigenvalue weighted by molar-refractivity contribution is 7.99. The molecule has 0 fully saturated rings. The molecule has 3 amide bonds. The van der Waals surface area contributed by atoms with Crippen LogP contribution in [0.3, 0.4) is 0 Å². The Labute approximate surface area is 225 Å². The van der Waals surface area contributed by atoms with Crippen molar-refractivity contribution in [2.45, 2.75) is 90.3 Å². The number of nitrogens with zero attached hydrogens (tertiary/aromatic N) is 4. The van der Waals surface area contributed by atoms with Crippen LogP contribution in [0, 0.1) is 0 Å². The molecule has 1 aliphatic heterocycles. The standard InChI is InChI=1S/C26H40N6O5S/c1-16(2)19-13-18(15-31(8)25(34)37-26(5,6)7)28-21(17(3)4)22(19)29-24(33)30-38(9,35)20-14-27-32-11-10-12-36-23(20)32/h13-14,16-17H,9-12,15H2,1-8H3,(H2,29,30,33,35). The van der Waals surface area contributed by atoms with Crippen LogP contribution in [0.2, 0.25) is 0 Å². The highest BCUT2D eigenvalue weighted by atomic mass is 32.2. The zero-order valence-corrected chi connectivity index (χ0v) is 24.4. The van der Waals surface area contributed by atoms with E-state index in [9.17, 15) is 13.8 Å². The Balaban J connectivity index is 1.87. The number of anilines is 1. The van der Waals surface area contributed by atoms with E-state index in [0.717, 1.165) is 12.0 Å². The maximum Gasteiger partial charge on any atom is 0.410 e. The van der Waals surface area contributed by atoms with Gasteiger partial charge in [0.25, 0.3) is 0 Å². The predicted molar refractivity (Wildman–Crippen MR) is 148 cm³/mol. The van der Waals surface area contributed by atoms with Crippen LogP contribution in [0.5, 0.6) is 5.88 Å². The molecule has 3 rings (SSSR count). The first kappa shape index (κ1) is 29.3. The average Bonchev–Trinajstić information content (AvgIpc) is 3.23. The van der Waals surface area contributed by atoms with Gasteiger partial charge in [0.1, 0.15) is 10.5 Å². The molecule has 0 aromatic carbocycles. The smallest absolute Gasteiger partial charge is 0.410 e. The van der Waals surface area contributed by atoms with Crippen molar-refractivity contribution in [2.24, 2.45) is 0 Å². The van der Waals surface area contributed by atoms with Crippen LogP contribution in [0.4, 0.5) is 15.3 Å². The van der Waals surface area contributed by atoms with E-state index in [0.29, 0.717) is 36.1 Å². The molecule has 0 saturated heterocycles. The van der Waals surface area contributed by atoms with Gasteiger partial charge in [-0.05, 0) is 50.1 Å². The lowest BCUT2D eigenvalue weighted by molar-refractivity contribution is 0.0283. The van der Waals surface area contributed by atoms with E-state index in [1.165, 1.54) is 11.1 Å². The molecule has 210 valence electrons. The summed E-state index contributed by atoms with van der Waals surface area (Å²) in [6.07, 6.45) is 1.77. The van der Waals surface area contributed by atoms with E-state index in [4.69, 9.17) is 14.5 Å². The molecule has 1 aliphatic rings. The van der Waals surface area contributed by atoms with Crippen molar-refractivity contribution in [3.63, 3.8) is 0 Å². The fourth-order valence-corrected chi connectivity index (χ4v) is 5.12. The van der Waals surface area contributed by atoms with Crippen LogP contribution < -0.4 is 14.8 Å². The highest BCUT2D eigenvalue weighted by Gasteiger charge is 2.26. The summed E-state index contributed by atoms with van der Waals surface area (Å²) in [4.78, 5) is 32.1. The van der Waals surface area contributed by atoms with Crippen molar-refractivity contribution in [3.05, 3.63) is 29.2 Å². The minimum Gasteiger partial charge on any atom is -0.477 e. The van der Waals surface area contributed by atoms with Crippen LogP contribution in [0.15, 0.2) is 17.2 Å². The number of fused-ring (bicyclic) bond motifs is 1. The van der Waals surface area contributed by atoms with Gasteiger partial charge in [-0.15, -0.1) is 0 Å². The maximum absolute atomic E-state index is 13.4. The molecule has 2 aromatic rings. The first-order chi connectivity index (χ1) is 17.6. The molecular weight excluding hydrogens is 508 g/mol. The third-order valence-electron chi connectivity index (χ3n) is 5.77. The largest absolute Gasteiger partial charge is 0.477 e. The molecule has 38 heavy (non-hydrogen) atoms. The molecule has 0 saturated carbocycles. The van der Waals surface area contributed by atoms with Gasteiger partial charge >= 0.3 is 12.1 Å². The molecule has 0 spiro atoms. The number of amides is 3. The summed E-state index contributed by atoms with van der Waals surface area (Å²) < 4.78 is 28.6. The Morgan fingerprint density at radius 3 is 2.55 bits per heavy atom. The van der Waals surface area contributed by atoms with E-state index in [-0.39, 0.29) is 23.3 Å². The van der Waals surface area contributed by atoms with E-state index in [1.807, 2.05) is 54.5 Å². The molecular formula is C26H40N6O5S. The van der Waals surface area contributed by atoms with Gasteiger partial charge in [-0.1, -0.05) is 27.7 Å². The normalized spacial score (nSPS) is 14.9. The van der Waals surface area contributed by atoms with Crippen molar-refractivity contribution < 1.29 is 23.3 Å². The number of carbonyl (C=O) groups is 2. The van der Waals surface area contributed by atoms with Crippen molar-refractivity contribution in [1.29, 1.82) is 0 Å². The fourth-order valence-electron chi connectivity index (χ4n) is 4.00. The third-order valence-corrected chi connectivity index (χ3v) is 7.27. The molecule has 3 heterocycles. The van der Waals surface area contributed by atoms with Crippen molar-refractivity contribution in [3.8, 4) is 5.88 Å². The van der Waals surface area contributed by atoms with Crippen LogP contribution >= 0.6 is 0 Å². The SMILES string of the molecule is C=S(=O)(NC(=O)Nc1c(C(C)C)cc(CN(C)C(=O)OC(C)(C)C)nc1C(C)C)c1cnn2c1OCCC2. The Kier molecular flexibility index (Phi) is 8.65. The van der Waals surface area contributed by atoms with Crippen LogP contribution in [0.25, 0.3) is 0 Å². The molecule has 12 heteroatoms. The number of hydrogen-bond acceptors (Lipinski definition) is 7. The average molecular weight is 549 g/mol. The molecule has 0 bridgehead atoms. The molecule has 0 radical (unpaired) electrons. The zero-order valence-electron chi connectivity index (χ0n) is 23.6. The van der Waals surface area contributed by atoms with Gasteiger partial charge in [-0.3, -0.25) is 9.71 Å². The maximum atomic E-state index is 13.4. The number of rotatable bonds is 7. The summed E-state index contributed by atoms with van der Waals surface area (Å²) >= 11 is 0. The Hall–Kier alpha value is -3.28. The van der Waals surface area contributed by atoms with Gasteiger partial charge in [0.15, 0.2) is 0 Å². The highest BCUT2D eigenvalue weighted by Crippen LogP contribution is 2.33.